The van der Waals surface area contributed by atoms with Gasteiger partial charge in [0.05, 0.1) is 34.9 Å². The summed E-state index contributed by atoms with van der Waals surface area (Å²) in [4.78, 5) is 28.2. The number of halogens is 2. The Hall–Kier alpha value is -3.06. The van der Waals surface area contributed by atoms with Gasteiger partial charge in [-0.3, -0.25) is 9.59 Å². The Kier molecular flexibility index (Phi) is 6.45. The lowest BCUT2D eigenvalue weighted by Gasteiger charge is -2.28. The zero-order valence-electron chi connectivity index (χ0n) is 19.0. The predicted octanol–water partition coefficient (Wildman–Crippen LogP) is 5.76. The summed E-state index contributed by atoms with van der Waals surface area (Å²) in [6.07, 6.45) is 1.53. The van der Waals surface area contributed by atoms with E-state index in [1.165, 1.54) is 24.1 Å². The van der Waals surface area contributed by atoms with Crippen LogP contribution in [0.25, 0.3) is 16.5 Å². The molecule has 2 aliphatic rings. The average Bonchev–Trinajstić information content (AvgIpc) is 3.45. The maximum Gasteiger partial charge on any atom is 0.295 e. The number of carbonyl (C=O) groups excluding carboxylic acids is 2. The largest absolute Gasteiger partial charge is 0.507 e. The van der Waals surface area contributed by atoms with Crippen molar-refractivity contribution in [1.82, 2.24) is 4.90 Å². The molecule has 0 saturated carbocycles. The minimum Gasteiger partial charge on any atom is -0.507 e. The van der Waals surface area contributed by atoms with Gasteiger partial charge in [-0.2, -0.15) is 0 Å². The topological polar surface area (TPSA) is 76.1 Å². The Balaban J connectivity index is 1.72. The van der Waals surface area contributed by atoms with Crippen molar-refractivity contribution >= 4 is 51.4 Å². The van der Waals surface area contributed by atoms with Gasteiger partial charge in [-0.05, 0) is 41.3 Å². The first kappa shape index (κ1) is 23.7. The number of benzene rings is 3. The van der Waals surface area contributed by atoms with E-state index in [0.29, 0.717) is 6.61 Å². The number of ketones is 1. The summed E-state index contributed by atoms with van der Waals surface area (Å²) in [5.41, 5.74) is 0.954. The van der Waals surface area contributed by atoms with Gasteiger partial charge in [-0.15, -0.1) is 0 Å². The fourth-order valence-corrected chi connectivity index (χ4v) is 5.58. The number of fused-ring (bicyclic) bond motifs is 1. The summed E-state index contributed by atoms with van der Waals surface area (Å²) < 4.78 is 11.0. The van der Waals surface area contributed by atoms with E-state index in [4.69, 9.17) is 32.7 Å². The number of likely N-dealkylation sites (tertiary alicyclic amines) is 1. The van der Waals surface area contributed by atoms with Crippen molar-refractivity contribution in [2.24, 2.45) is 0 Å². The van der Waals surface area contributed by atoms with Gasteiger partial charge in [0.2, 0.25) is 0 Å². The number of hydrogen-bond acceptors (Lipinski definition) is 5. The molecule has 2 fully saturated rings. The van der Waals surface area contributed by atoms with Gasteiger partial charge >= 0.3 is 0 Å². The molecule has 3 aromatic rings. The van der Waals surface area contributed by atoms with Crippen LogP contribution in [0.1, 0.15) is 30.0 Å². The van der Waals surface area contributed by atoms with Crippen molar-refractivity contribution in [3.8, 4) is 5.75 Å². The SMILES string of the molecule is COc1c(Cl)cc(/C(O)=C2\C(=O)C(=O)N(CC3CCCO3)C2c2cccc3ccccc23)cc1Cl. The van der Waals surface area contributed by atoms with Gasteiger partial charge in [0.25, 0.3) is 11.7 Å². The van der Waals surface area contributed by atoms with Crippen molar-refractivity contribution in [2.45, 2.75) is 25.0 Å². The first-order valence-electron chi connectivity index (χ1n) is 11.3. The number of hydrogen-bond donors (Lipinski definition) is 1. The molecule has 0 aromatic heterocycles. The normalized spacial score (nSPS) is 21.7. The van der Waals surface area contributed by atoms with Crippen LogP contribution in [0.3, 0.4) is 0 Å². The predicted molar refractivity (Wildman–Crippen MR) is 135 cm³/mol. The van der Waals surface area contributed by atoms with Crippen molar-refractivity contribution in [2.75, 3.05) is 20.3 Å². The fraction of sp³-hybridized carbons (Fsp3) is 0.259. The van der Waals surface area contributed by atoms with Crippen molar-refractivity contribution in [3.63, 3.8) is 0 Å². The van der Waals surface area contributed by atoms with Crippen LogP contribution in [0.2, 0.25) is 10.0 Å². The summed E-state index contributed by atoms with van der Waals surface area (Å²) in [6, 6.07) is 15.6. The van der Waals surface area contributed by atoms with Crippen LogP contribution in [-0.4, -0.2) is 48.1 Å². The van der Waals surface area contributed by atoms with E-state index in [1.54, 1.807) is 0 Å². The molecule has 2 saturated heterocycles. The van der Waals surface area contributed by atoms with Crippen LogP contribution >= 0.6 is 23.2 Å². The van der Waals surface area contributed by atoms with E-state index in [2.05, 4.69) is 0 Å². The van der Waals surface area contributed by atoms with Crippen LogP contribution in [0.5, 0.6) is 5.75 Å². The van der Waals surface area contributed by atoms with Crippen molar-refractivity contribution in [1.29, 1.82) is 0 Å². The molecule has 0 radical (unpaired) electrons. The summed E-state index contributed by atoms with van der Waals surface area (Å²) in [7, 11) is 1.43. The molecule has 8 heteroatoms. The molecule has 2 aliphatic heterocycles. The fourth-order valence-electron chi connectivity index (χ4n) is 4.94. The highest BCUT2D eigenvalue weighted by atomic mass is 35.5. The lowest BCUT2D eigenvalue weighted by molar-refractivity contribution is -0.140. The minimum absolute atomic E-state index is 0.0124. The Bertz CT molecular complexity index is 1330. The van der Waals surface area contributed by atoms with Crippen LogP contribution in [-0.2, 0) is 14.3 Å². The molecule has 1 N–H and O–H groups in total. The molecule has 2 heterocycles. The molecule has 6 nitrogen and oxygen atoms in total. The molecule has 5 rings (SSSR count). The molecule has 35 heavy (non-hydrogen) atoms. The van der Waals surface area contributed by atoms with Crippen LogP contribution in [0, 0.1) is 0 Å². The number of rotatable bonds is 5. The second-order valence-corrected chi connectivity index (χ2v) is 9.44. The lowest BCUT2D eigenvalue weighted by Crippen LogP contribution is -2.36. The second kappa shape index (κ2) is 9.53. The second-order valence-electron chi connectivity index (χ2n) is 8.63. The summed E-state index contributed by atoms with van der Waals surface area (Å²) in [6.45, 7) is 0.871. The third-order valence-corrected chi connectivity index (χ3v) is 7.12. The lowest BCUT2D eigenvalue weighted by atomic mass is 9.91. The highest BCUT2D eigenvalue weighted by Crippen LogP contribution is 2.44. The number of aliphatic hydroxyl groups is 1. The van der Waals surface area contributed by atoms with Gasteiger partial charge in [-0.1, -0.05) is 65.7 Å². The molecular weight excluding hydrogens is 489 g/mol. The van der Waals surface area contributed by atoms with E-state index < -0.39 is 17.7 Å². The number of methoxy groups -OCH3 is 1. The van der Waals surface area contributed by atoms with E-state index in [0.717, 1.165) is 29.2 Å². The molecule has 0 bridgehead atoms. The van der Waals surface area contributed by atoms with Crippen molar-refractivity contribution in [3.05, 3.63) is 81.3 Å². The van der Waals surface area contributed by atoms with Crippen molar-refractivity contribution < 1.29 is 24.2 Å². The Morgan fingerprint density at radius 3 is 2.51 bits per heavy atom. The Morgan fingerprint density at radius 2 is 1.83 bits per heavy atom. The monoisotopic (exact) mass is 511 g/mol. The first-order chi connectivity index (χ1) is 16.9. The molecule has 180 valence electrons. The average molecular weight is 512 g/mol. The van der Waals surface area contributed by atoms with Crippen LogP contribution in [0.15, 0.2) is 60.2 Å². The van der Waals surface area contributed by atoms with Gasteiger partial charge in [0.1, 0.15) is 5.76 Å². The molecule has 1 amide bonds. The summed E-state index contributed by atoms with van der Waals surface area (Å²) >= 11 is 12.6. The molecule has 3 aromatic carbocycles. The van der Waals surface area contributed by atoms with Gasteiger partial charge < -0.3 is 19.5 Å². The minimum atomic E-state index is -0.801. The maximum atomic E-state index is 13.4. The Labute approximate surface area is 212 Å². The highest BCUT2D eigenvalue weighted by molar-refractivity contribution is 6.47. The number of Topliss-reactive ketones (excluding diaryl/α,β-unsaturated/α-hetero) is 1. The maximum absolute atomic E-state index is 13.4. The zero-order valence-corrected chi connectivity index (χ0v) is 20.5. The number of nitrogens with zero attached hydrogens (tertiary/aromatic N) is 1. The number of amides is 1. The molecule has 0 spiro atoms. The van der Waals surface area contributed by atoms with E-state index in [-0.39, 0.29) is 45.3 Å². The third-order valence-electron chi connectivity index (χ3n) is 6.56. The molecule has 2 unspecified atom stereocenters. The van der Waals surface area contributed by atoms with Gasteiger partial charge in [0.15, 0.2) is 5.75 Å². The van der Waals surface area contributed by atoms with Gasteiger partial charge in [-0.25, -0.2) is 0 Å². The smallest absolute Gasteiger partial charge is 0.295 e. The van der Waals surface area contributed by atoms with E-state index in [9.17, 15) is 14.7 Å². The number of aliphatic hydroxyl groups excluding tert-OH is 1. The molecule has 2 atom stereocenters. The van der Waals surface area contributed by atoms with Crippen LogP contribution < -0.4 is 4.74 Å². The number of ether oxygens (including phenoxy) is 2. The summed E-state index contributed by atoms with van der Waals surface area (Å²) in [5, 5.41) is 13.6. The molecular formula is C27H23Cl2NO5. The first-order valence-corrected chi connectivity index (χ1v) is 12.1. The van der Waals surface area contributed by atoms with E-state index in [1.807, 2.05) is 42.5 Å². The van der Waals surface area contributed by atoms with Crippen LogP contribution in [0.4, 0.5) is 0 Å². The highest BCUT2D eigenvalue weighted by Gasteiger charge is 2.47. The van der Waals surface area contributed by atoms with E-state index >= 15 is 0 Å². The number of carbonyl (C=O) groups is 2. The standard InChI is InChI=1S/C27H23Cl2NO5/c1-34-26-20(28)12-16(13-21(26)29)24(31)22-23(19-10-4-7-15-6-2-3-9-18(15)19)30(27(33)25(22)32)14-17-8-5-11-35-17/h2-4,6-7,9-10,12-13,17,23,31H,5,8,11,14H2,1H3/b24-22+. The Morgan fingerprint density at radius 1 is 1.11 bits per heavy atom. The molecule has 0 aliphatic carbocycles. The quantitative estimate of drug-likeness (QED) is 0.268. The van der Waals surface area contributed by atoms with Gasteiger partial charge in [0, 0.05) is 18.7 Å². The zero-order chi connectivity index (χ0) is 24.7. The third kappa shape index (κ3) is 4.16. The summed E-state index contributed by atoms with van der Waals surface area (Å²) in [5.74, 6) is -1.52.